The van der Waals surface area contributed by atoms with Gasteiger partial charge in [-0.3, -0.25) is 4.79 Å². The van der Waals surface area contributed by atoms with Gasteiger partial charge in [-0.15, -0.1) is 0 Å². The van der Waals surface area contributed by atoms with Gasteiger partial charge >= 0.3 is 0 Å². The van der Waals surface area contributed by atoms with E-state index in [1.807, 2.05) is 36.0 Å². The number of carbonyl (C=O) groups excluding carboxylic acids is 1. The van der Waals surface area contributed by atoms with Crippen molar-refractivity contribution in [2.75, 3.05) is 5.32 Å². The zero-order valence-electron chi connectivity index (χ0n) is 13.8. The van der Waals surface area contributed by atoms with Crippen LogP contribution in [0.4, 0.5) is 5.69 Å². The van der Waals surface area contributed by atoms with Gasteiger partial charge in [0.1, 0.15) is 0 Å². The SMILES string of the molecule is Cn1cc(NC(=O)CCC2CCCCCC2)c2c(Cl)cccc21. The standard InChI is InChI=1S/C19H25ClN2O/c1-22-13-16(19-15(20)9-6-10-17(19)22)21-18(23)12-11-14-7-4-2-3-5-8-14/h6,9-10,13-14H,2-5,7-8,11-12H2,1H3,(H,21,23). The van der Waals surface area contributed by atoms with E-state index in [1.54, 1.807) is 0 Å². The van der Waals surface area contributed by atoms with Crippen molar-refractivity contribution < 1.29 is 4.79 Å². The summed E-state index contributed by atoms with van der Waals surface area (Å²) in [4.78, 5) is 12.3. The molecule has 2 aromatic rings. The molecule has 1 aliphatic carbocycles. The lowest BCUT2D eigenvalue weighted by atomic mass is 9.95. The van der Waals surface area contributed by atoms with Gasteiger partial charge in [0.05, 0.1) is 16.2 Å². The van der Waals surface area contributed by atoms with E-state index in [2.05, 4.69) is 5.32 Å². The van der Waals surface area contributed by atoms with Crippen LogP contribution in [0.2, 0.25) is 5.02 Å². The molecule has 3 nitrogen and oxygen atoms in total. The molecule has 0 radical (unpaired) electrons. The predicted molar refractivity (Wildman–Crippen MR) is 97.0 cm³/mol. The number of rotatable bonds is 4. The fourth-order valence-corrected chi connectivity index (χ4v) is 3.97. The minimum absolute atomic E-state index is 0.0988. The number of halogens is 1. The van der Waals surface area contributed by atoms with Crippen molar-refractivity contribution in [1.82, 2.24) is 4.57 Å². The second-order valence-electron chi connectivity index (χ2n) is 6.73. The van der Waals surface area contributed by atoms with Gasteiger partial charge in [-0.2, -0.15) is 0 Å². The van der Waals surface area contributed by atoms with E-state index < -0.39 is 0 Å². The minimum atomic E-state index is 0.0988. The first kappa shape index (κ1) is 16.4. The summed E-state index contributed by atoms with van der Waals surface area (Å²) in [5.74, 6) is 0.820. The molecule has 0 unspecified atom stereocenters. The lowest BCUT2D eigenvalue weighted by Crippen LogP contribution is -2.13. The van der Waals surface area contributed by atoms with Gasteiger partial charge in [-0.05, 0) is 24.5 Å². The highest BCUT2D eigenvalue weighted by atomic mass is 35.5. The summed E-state index contributed by atoms with van der Waals surface area (Å²) in [6.07, 6.45) is 11.5. The zero-order chi connectivity index (χ0) is 16.2. The molecule has 1 aromatic carbocycles. The van der Waals surface area contributed by atoms with E-state index in [0.29, 0.717) is 11.4 Å². The first-order chi connectivity index (χ1) is 11.1. The summed E-state index contributed by atoms with van der Waals surface area (Å²) in [6.45, 7) is 0. The van der Waals surface area contributed by atoms with Crippen LogP contribution >= 0.6 is 11.6 Å². The molecule has 1 N–H and O–H groups in total. The molecule has 1 amide bonds. The Kier molecular flexibility index (Phi) is 5.27. The summed E-state index contributed by atoms with van der Waals surface area (Å²) in [5.41, 5.74) is 1.86. The molecule has 0 bridgehead atoms. The summed E-state index contributed by atoms with van der Waals surface area (Å²) in [6, 6.07) is 5.82. The number of hydrogen-bond acceptors (Lipinski definition) is 1. The van der Waals surface area contributed by atoms with Crippen LogP contribution in [-0.4, -0.2) is 10.5 Å². The van der Waals surface area contributed by atoms with E-state index in [9.17, 15) is 4.79 Å². The van der Waals surface area contributed by atoms with Crippen molar-refractivity contribution >= 4 is 34.1 Å². The number of carbonyl (C=O) groups is 1. The third-order valence-electron chi connectivity index (χ3n) is 4.99. The van der Waals surface area contributed by atoms with Crippen molar-refractivity contribution in [3.63, 3.8) is 0 Å². The largest absolute Gasteiger partial charge is 0.348 e. The number of fused-ring (bicyclic) bond motifs is 1. The topological polar surface area (TPSA) is 34.0 Å². The molecule has 124 valence electrons. The highest BCUT2D eigenvalue weighted by Crippen LogP contribution is 2.32. The Morgan fingerprint density at radius 1 is 1.26 bits per heavy atom. The van der Waals surface area contributed by atoms with E-state index >= 15 is 0 Å². The molecule has 3 rings (SSSR count). The third-order valence-corrected chi connectivity index (χ3v) is 5.31. The number of nitrogens with one attached hydrogen (secondary N) is 1. The second kappa shape index (κ2) is 7.39. The van der Waals surface area contributed by atoms with E-state index in [-0.39, 0.29) is 5.91 Å². The fraction of sp³-hybridized carbons (Fsp3) is 0.526. The van der Waals surface area contributed by atoms with Crippen LogP contribution in [-0.2, 0) is 11.8 Å². The van der Waals surface area contributed by atoms with E-state index in [0.717, 1.165) is 28.9 Å². The maximum Gasteiger partial charge on any atom is 0.224 e. The van der Waals surface area contributed by atoms with Crippen molar-refractivity contribution in [2.45, 2.75) is 51.4 Å². The number of hydrogen-bond donors (Lipinski definition) is 1. The number of nitrogens with zero attached hydrogens (tertiary/aromatic N) is 1. The molecule has 0 atom stereocenters. The molecule has 1 heterocycles. The molecular formula is C19H25ClN2O. The Balaban J connectivity index is 1.64. The quantitative estimate of drug-likeness (QED) is 0.735. The van der Waals surface area contributed by atoms with Crippen LogP contribution in [0.5, 0.6) is 0 Å². The molecule has 0 saturated heterocycles. The van der Waals surface area contributed by atoms with Gasteiger partial charge in [0.2, 0.25) is 5.91 Å². The smallest absolute Gasteiger partial charge is 0.224 e. The monoisotopic (exact) mass is 332 g/mol. The van der Waals surface area contributed by atoms with Gasteiger partial charge in [0, 0.05) is 25.1 Å². The lowest BCUT2D eigenvalue weighted by Gasteiger charge is -2.13. The summed E-state index contributed by atoms with van der Waals surface area (Å²) < 4.78 is 2.00. The Hall–Kier alpha value is -1.48. The number of aryl methyl sites for hydroxylation is 1. The molecule has 1 aromatic heterocycles. The fourth-order valence-electron chi connectivity index (χ4n) is 3.70. The van der Waals surface area contributed by atoms with Crippen LogP contribution in [0, 0.1) is 5.92 Å². The van der Waals surface area contributed by atoms with Gasteiger partial charge in [0.15, 0.2) is 0 Å². The van der Waals surface area contributed by atoms with Crippen molar-refractivity contribution in [2.24, 2.45) is 13.0 Å². The highest BCUT2D eigenvalue weighted by Gasteiger charge is 2.16. The molecule has 1 aliphatic rings. The normalized spacial score (nSPS) is 16.4. The number of aromatic nitrogens is 1. The molecule has 23 heavy (non-hydrogen) atoms. The molecule has 1 saturated carbocycles. The van der Waals surface area contributed by atoms with Crippen molar-refractivity contribution in [3.8, 4) is 0 Å². The van der Waals surface area contributed by atoms with Gasteiger partial charge in [0.25, 0.3) is 0 Å². The van der Waals surface area contributed by atoms with Crippen LogP contribution < -0.4 is 5.32 Å². The third kappa shape index (κ3) is 3.89. The summed E-state index contributed by atoms with van der Waals surface area (Å²) in [7, 11) is 1.97. The predicted octanol–water partition coefficient (Wildman–Crippen LogP) is 5.52. The maximum absolute atomic E-state index is 12.3. The molecule has 0 aliphatic heterocycles. The Morgan fingerprint density at radius 2 is 2.00 bits per heavy atom. The van der Waals surface area contributed by atoms with Crippen LogP contribution in [0.1, 0.15) is 51.4 Å². The minimum Gasteiger partial charge on any atom is -0.348 e. The van der Waals surface area contributed by atoms with Crippen LogP contribution in [0.25, 0.3) is 10.9 Å². The lowest BCUT2D eigenvalue weighted by molar-refractivity contribution is -0.116. The first-order valence-electron chi connectivity index (χ1n) is 8.68. The zero-order valence-corrected chi connectivity index (χ0v) is 14.5. The second-order valence-corrected chi connectivity index (χ2v) is 7.14. The Labute approximate surface area is 143 Å². The van der Waals surface area contributed by atoms with Crippen LogP contribution in [0.15, 0.2) is 24.4 Å². The molecular weight excluding hydrogens is 308 g/mol. The van der Waals surface area contributed by atoms with Crippen molar-refractivity contribution in [3.05, 3.63) is 29.4 Å². The number of benzene rings is 1. The molecule has 4 heteroatoms. The van der Waals surface area contributed by atoms with Gasteiger partial charge < -0.3 is 9.88 Å². The van der Waals surface area contributed by atoms with Gasteiger partial charge in [-0.1, -0.05) is 56.2 Å². The number of amides is 1. The van der Waals surface area contributed by atoms with Crippen LogP contribution in [0.3, 0.4) is 0 Å². The average Bonchev–Trinajstić information content (AvgIpc) is 2.72. The molecule has 0 spiro atoms. The van der Waals surface area contributed by atoms with E-state index in [4.69, 9.17) is 11.6 Å². The Bertz CT molecular complexity index is 684. The molecule has 1 fully saturated rings. The maximum atomic E-state index is 12.3. The van der Waals surface area contributed by atoms with Crippen molar-refractivity contribution in [1.29, 1.82) is 0 Å². The highest BCUT2D eigenvalue weighted by molar-refractivity contribution is 6.36. The van der Waals surface area contributed by atoms with Gasteiger partial charge in [-0.25, -0.2) is 0 Å². The average molecular weight is 333 g/mol. The first-order valence-corrected chi connectivity index (χ1v) is 9.06. The summed E-state index contributed by atoms with van der Waals surface area (Å²) in [5, 5.41) is 4.67. The van der Waals surface area contributed by atoms with E-state index in [1.165, 1.54) is 38.5 Å². The number of anilines is 1. The Morgan fingerprint density at radius 3 is 2.74 bits per heavy atom. The summed E-state index contributed by atoms with van der Waals surface area (Å²) >= 11 is 6.31.